The van der Waals surface area contributed by atoms with Gasteiger partial charge in [-0.05, 0) is 19.3 Å². The van der Waals surface area contributed by atoms with Gasteiger partial charge in [-0.3, -0.25) is 0 Å². The highest BCUT2D eigenvalue weighted by Crippen LogP contribution is 2.48. The van der Waals surface area contributed by atoms with Crippen molar-refractivity contribution in [2.75, 3.05) is 13.2 Å². The van der Waals surface area contributed by atoms with Crippen molar-refractivity contribution in [2.45, 2.75) is 40.0 Å². The van der Waals surface area contributed by atoms with Gasteiger partial charge in [-0.1, -0.05) is 20.8 Å². The molecule has 0 spiro atoms. The van der Waals surface area contributed by atoms with Gasteiger partial charge in [0.25, 0.3) is 0 Å². The zero-order valence-electron chi connectivity index (χ0n) is 11.7. The van der Waals surface area contributed by atoms with E-state index in [2.05, 4.69) is 0 Å². The number of benzene rings is 1. The van der Waals surface area contributed by atoms with Crippen LogP contribution in [0.4, 0.5) is 0 Å². The van der Waals surface area contributed by atoms with Crippen LogP contribution in [0.25, 0.3) is 0 Å². The van der Waals surface area contributed by atoms with Crippen molar-refractivity contribution in [1.29, 1.82) is 0 Å². The SMILES string of the molecule is CCOc1cc(O)c(O)c(C(C)(C)C)c1OCC. The number of ether oxygens (including phenoxy) is 2. The maximum atomic E-state index is 10.0. The Bertz CT molecular complexity index is 419. The minimum absolute atomic E-state index is 0.144. The molecule has 0 aliphatic carbocycles. The fourth-order valence-electron chi connectivity index (χ4n) is 1.86. The van der Waals surface area contributed by atoms with Gasteiger partial charge in [-0.15, -0.1) is 0 Å². The van der Waals surface area contributed by atoms with Crippen molar-refractivity contribution in [3.63, 3.8) is 0 Å². The molecule has 1 aromatic carbocycles. The van der Waals surface area contributed by atoms with E-state index < -0.39 is 0 Å². The summed E-state index contributed by atoms with van der Waals surface area (Å²) in [5.74, 6) is 0.628. The van der Waals surface area contributed by atoms with Gasteiger partial charge < -0.3 is 19.7 Å². The molecule has 102 valence electrons. The van der Waals surface area contributed by atoms with E-state index in [0.29, 0.717) is 30.3 Å². The van der Waals surface area contributed by atoms with E-state index in [1.165, 1.54) is 6.07 Å². The normalized spacial score (nSPS) is 11.4. The number of phenolic OH excluding ortho intramolecular Hbond substituents is 2. The van der Waals surface area contributed by atoms with Crippen LogP contribution in [0, 0.1) is 0 Å². The first-order valence-electron chi connectivity index (χ1n) is 6.17. The molecule has 0 bridgehead atoms. The van der Waals surface area contributed by atoms with Crippen LogP contribution in [-0.4, -0.2) is 23.4 Å². The van der Waals surface area contributed by atoms with Gasteiger partial charge in [0.1, 0.15) is 0 Å². The largest absolute Gasteiger partial charge is 0.504 e. The van der Waals surface area contributed by atoms with E-state index in [1.54, 1.807) is 0 Å². The van der Waals surface area contributed by atoms with E-state index in [1.807, 2.05) is 34.6 Å². The van der Waals surface area contributed by atoms with Gasteiger partial charge >= 0.3 is 0 Å². The summed E-state index contributed by atoms with van der Waals surface area (Å²) in [6.07, 6.45) is 0. The van der Waals surface area contributed by atoms with Gasteiger partial charge in [0.2, 0.25) is 0 Å². The molecule has 4 heteroatoms. The third kappa shape index (κ3) is 2.81. The van der Waals surface area contributed by atoms with Crippen LogP contribution in [-0.2, 0) is 5.41 Å². The molecule has 0 saturated carbocycles. The Kier molecular flexibility index (Phi) is 4.33. The lowest BCUT2D eigenvalue weighted by molar-refractivity contribution is 0.274. The second-order valence-electron chi connectivity index (χ2n) is 5.06. The standard InChI is InChI=1S/C14H22O4/c1-6-17-10-8-9(15)12(16)11(14(3,4)5)13(10)18-7-2/h8,15-16H,6-7H2,1-5H3. The molecule has 0 aromatic heterocycles. The molecule has 4 nitrogen and oxygen atoms in total. The Balaban J connectivity index is 3.52. The van der Waals surface area contributed by atoms with Crippen molar-refractivity contribution < 1.29 is 19.7 Å². The zero-order valence-corrected chi connectivity index (χ0v) is 11.7. The molecule has 0 atom stereocenters. The van der Waals surface area contributed by atoms with Gasteiger partial charge in [-0.25, -0.2) is 0 Å². The molecule has 0 unspecified atom stereocenters. The van der Waals surface area contributed by atoms with Crippen LogP contribution in [0.2, 0.25) is 0 Å². The quantitative estimate of drug-likeness (QED) is 0.810. The number of hydrogen-bond donors (Lipinski definition) is 2. The van der Waals surface area contributed by atoms with E-state index in [9.17, 15) is 10.2 Å². The lowest BCUT2D eigenvalue weighted by atomic mass is 9.85. The maximum absolute atomic E-state index is 10.0. The van der Waals surface area contributed by atoms with Gasteiger partial charge in [0, 0.05) is 11.6 Å². The van der Waals surface area contributed by atoms with Crippen LogP contribution < -0.4 is 9.47 Å². The molecule has 2 N–H and O–H groups in total. The smallest absolute Gasteiger partial charge is 0.168 e. The van der Waals surface area contributed by atoms with E-state index >= 15 is 0 Å². The van der Waals surface area contributed by atoms with Crippen molar-refractivity contribution in [3.8, 4) is 23.0 Å². The van der Waals surface area contributed by atoms with Gasteiger partial charge in [-0.2, -0.15) is 0 Å². The summed E-state index contributed by atoms with van der Waals surface area (Å²) in [6.45, 7) is 10.5. The van der Waals surface area contributed by atoms with E-state index in [4.69, 9.17) is 9.47 Å². The number of aromatic hydroxyl groups is 2. The lowest BCUT2D eigenvalue weighted by Gasteiger charge is -2.25. The van der Waals surface area contributed by atoms with Gasteiger partial charge in [0.05, 0.1) is 13.2 Å². The third-order valence-corrected chi connectivity index (χ3v) is 2.54. The Morgan fingerprint density at radius 3 is 2.06 bits per heavy atom. The summed E-state index contributed by atoms with van der Waals surface area (Å²) in [5, 5.41) is 19.8. The third-order valence-electron chi connectivity index (χ3n) is 2.54. The molecule has 0 saturated heterocycles. The van der Waals surface area contributed by atoms with Crippen molar-refractivity contribution >= 4 is 0 Å². The average molecular weight is 254 g/mol. The summed E-state index contributed by atoms with van der Waals surface area (Å²) in [4.78, 5) is 0. The predicted molar refractivity (Wildman–Crippen MR) is 70.8 cm³/mol. The highest BCUT2D eigenvalue weighted by molar-refractivity contribution is 5.62. The monoisotopic (exact) mass is 254 g/mol. The van der Waals surface area contributed by atoms with Crippen molar-refractivity contribution in [3.05, 3.63) is 11.6 Å². The molecular formula is C14H22O4. The Labute approximate surface area is 108 Å². The van der Waals surface area contributed by atoms with Gasteiger partial charge in [0.15, 0.2) is 23.0 Å². The molecule has 1 rings (SSSR count). The van der Waals surface area contributed by atoms with Crippen LogP contribution in [0.3, 0.4) is 0 Å². The number of rotatable bonds is 4. The Hall–Kier alpha value is -1.58. The molecule has 1 aromatic rings. The minimum Gasteiger partial charge on any atom is -0.504 e. The number of phenols is 2. The fourth-order valence-corrected chi connectivity index (χ4v) is 1.86. The maximum Gasteiger partial charge on any atom is 0.168 e. The second-order valence-corrected chi connectivity index (χ2v) is 5.06. The summed E-state index contributed by atoms with van der Waals surface area (Å²) in [5.41, 5.74) is 0.201. The molecule has 0 aliphatic rings. The summed E-state index contributed by atoms with van der Waals surface area (Å²) in [7, 11) is 0. The highest BCUT2D eigenvalue weighted by atomic mass is 16.5. The second kappa shape index (κ2) is 5.38. The van der Waals surface area contributed by atoms with E-state index in [0.717, 1.165) is 0 Å². The topological polar surface area (TPSA) is 58.9 Å². The fraction of sp³-hybridized carbons (Fsp3) is 0.571. The van der Waals surface area contributed by atoms with E-state index in [-0.39, 0.29) is 16.9 Å². The molecule has 18 heavy (non-hydrogen) atoms. The Morgan fingerprint density at radius 1 is 1.06 bits per heavy atom. The summed E-state index contributed by atoms with van der Waals surface area (Å²) < 4.78 is 11.1. The first-order chi connectivity index (χ1) is 8.32. The minimum atomic E-state index is -0.362. The van der Waals surface area contributed by atoms with Crippen LogP contribution in [0.5, 0.6) is 23.0 Å². The highest BCUT2D eigenvalue weighted by Gasteiger charge is 2.28. The molecular weight excluding hydrogens is 232 g/mol. The predicted octanol–water partition coefficient (Wildman–Crippen LogP) is 3.19. The lowest BCUT2D eigenvalue weighted by Crippen LogP contribution is -2.15. The zero-order chi connectivity index (χ0) is 13.9. The van der Waals surface area contributed by atoms with Crippen molar-refractivity contribution in [2.24, 2.45) is 0 Å². The molecule has 0 amide bonds. The number of hydrogen-bond acceptors (Lipinski definition) is 4. The average Bonchev–Trinajstić information content (AvgIpc) is 2.24. The molecule has 0 radical (unpaired) electrons. The molecule has 0 heterocycles. The summed E-state index contributed by atoms with van der Waals surface area (Å²) in [6, 6.07) is 1.39. The molecule has 0 fully saturated rings. The van der Waals surface area contributed by atoms with Crippen LogP contribution in [0.15, 0.2) is 6.07 Å². The first kappa shape index (κ1) is 14.5. The van der Waals surface area contributed by atoms with Crippen molar-refractivity contribution in [1.82, 2.24) is 0 Å². The Morgan fingerprint density at radius 2 is 1.61 bits per heavy atom. The van der Waals surface area contributed by atoms with Crippen LogP contribution in [0.1, 0.15) is 40.2 Å². The van der Waals surface area contributed by atoms with Crippen LogP contribution >= 0.6 is 0 Å². The molecule has 0 aliphatic heterocycles. The summed E-state index contributed by atoms with van der Waals surface area (Å²) >= 11 is 0. The first-order valence-corrected chi connectivity index (χ1v) is 6.17.